The van der Waals surface area contributed by atoms with Crippen LogP contribution in [-0.2, 0) is 11.3 Å². The van der Waals surface area contributed by atoms with Crippen molar-refractivity contribution in [3.8, 4) is 11.2 Å². The fourth-order valence-electron chi connectivity index (χ4n) is 2.07. The predicted octanol–water partition coefficient (Wildman–Crippen LogP) is 3.09. The average molecular weight is 485 g/mol. The number of amidine groups is 1. The normalized spacial score (nSPS) is 12.6. The van der Waals surface area contributed by atoms with Gasteiger partial charge in [0.15, 0.2) is 5.82 Å². The molecule has 8 heteroatoms. The van der Waals surface area contributed by atoms with Gasteiger partial charge in [-0.3, -0.25) is 9.80 Å². The standard InChI is InChI=1S/C18H24IN5OS/c1-13(20)16(23-17(22-12-25)18(2,3)4)24(21)11-15-8-6-5-7-14(15)9-10-26-19/h5-8,12H,11,20-21H2,1-4H3,(H,22,23,25)/b16-13-. The minimum Gasteiger partial charge on any atom is -0.399 e. The molecule has 0 aliphatic heterocycles. The van der Waals surface area contributed by atoms with Crippen molar-refractivity contribution >= 4 is 42.4 Å². The Morgan fingerprint density at radius 2 is 2.08 bits per heavy atom. The van der Waals surface area contributed by atoms with Crippen molar-refractivity contribution < 1.29 is 4.79 Å². The Hall–Kier alpha value is -1.70. The van der Waals surface area contributed by atoms with E-state index in [2.05, 4.69) is 42.7 Å². The maximum atomic E-state index is 10.9. The molecule has 0 bridgehead atoms. The molecular formula is C18H24IN5OS. The van der Waals surface area contributed by atoms with Crippen molar-refractivity contribution in [3.63, 3.8) is 0 Å². The summed E-state index contributed by atoms with van der Waals surface area (Å²) in [5.41, 5.74) is 7.94. The molecule has 1 amide bonds. The van der Waals surface area contributed by atoms with Crippen molar-refractivity contribution in [2.45, 2.75) is 34.2 Å². The van der Waals surface area contributed by atoms with Crippen LogP contribution >= 0.6 is 30.1 Å². The fraction of sp³-hybridized carbons (Fsp3) is 0.333. The lowest BCUT2D eigenvalue weighted by atomic mass is 9.95. The molecule has 0 fully saturated rings. The lowest BCUT2D eigenvalue weighted by Gasteiger charge is -2.25. The third-order valence-corrected chi connectivity index (χ3v) is 4.17. The Labute approximate surface area is 171 Å². The topological polar surface area (TPSA) is 96.7 Å². The number of nitrogens with two attached hydrogens (primary N) is 2. The molecule has 0 spiro atoms. The highest BCUT2D eigenvalue weighted by Gasteiger charge is 2.21. The number of amides is 1. The van der Waals surface area contributed by atoms with Crippen LogP contribution in [0.4, 0.5) is 0 Å². The molecule has 6 nitrogen and oxygen atoms in total. The summed E-state index contributed by atoms with van der Waals surface area (Å²) in [5, 5.41) is 7.08. The van der Waals surface area contributed by atoms with E-state index in [1.165, 1.54) is 13.9 Å². The molecule has 1 aromatic rings. The van der Waals surface area contributed by atoms with Gasteiger partial charge < -0.3 is 11.1 Å². The van der Waals surface area contributed by atoms with Gasteiger partial charge in [-0.05, 0) is 32.7 Å². The van der Waals surface area contributed by atoms with Gasteiger partial charge in [0, 0.05) is 37.9 Å². The number of allylic oxidation sites excluding steroid dienone is 1. The number of hydrazine groups is 1. The van der Waals surface area contributed by atoms with E-state index in [9.17, 15) is 4.79 Å². The molecule has 0 aliphatic carbocycles. The molecule has 26 heavy (non-hydrogen) atoms. The van der Waals surface area contributed by atoms with Crippen LogP contribution in [0.25, 0.3) is 0 Å². The molecule has 1 rings (SSSR count). The van der Waals surface area contributed by atoms with Crippen LogP contribution in [0.1, 0.15) is 38.8 Å². The second-order valence-corrected chi connectivity index (χ2v) is 8.25. The average Bonchev–Trinajstić information content (AvgIpc) is 2.56. The van der Waals surface area contributed by atoms with E-state index >= 15 is 0 Å². The summed E-state index contributed by atoms with van der Waals surface area (Å²) in [4.78, 5) is 15.4. The number of rotatable bonds is 5. The smallest absolute Gasteiger partial charge is 0.212 e. The number of aliphatic imine (C=N–C) groups is 1. The first-order valence-electron chi connectivity index (χ1n) is 7.85. The van der Waals surface area contributed by atoms with E-state index in [1.54, 1.807) is 6.92 Å². The minimum absolute atomic E-state index is 0.372. The summed E-state index contributed by atoms with van der Waals surface area (Å²) in [6, 6.07) is 7.77. The van der Waals surface area contributed by atoms with Gasteiger partial charge in [0.2, 0.25) is 6.41 Å². The molecule has 0 unspecified atom stereocenters. The lowest BCUT2D eigenvalue weighted by molar-refractivity contribution is -0.108. The van der Waals surface area contributed by atoms with Crippen LogP contribution in [0, 0.1) is 16.6 Å². The maximum Gasteiger partial charge on any atom is 0.212 e. The van der Waals surface area contributed by atoms with Gasteiger partial charge in [0.1, 0.15) is 5.84 Å². The Balaban J connectivity index is 3.22. The van der Waals surface area contributed by atoms with Crippen LogP contribution in [0.3, 0.4) is 0 Å². The van der Waals surface area contributed by atoms with E-state index in [4.69, 9.17) is 11.6 Å². The van der Waals surface area contributed by atoms with Gasteiger partial charge in [-0.15, -0.1) is 0 Å². The molecule has 0 heterocycles. The molecule has 0 radical (unpaired) electrons. The predicted molar refractivity (Wildman–Crippen MR) is 118 cm³/mol. The van der Waals surface area contributed by atoms with E-state index in [0.717, 1.165) is 11.1 Å². The molecule has 0 saturated heterocycles. The number of halogens is 1. The Bertz CT molecular complexity index is 755. The highest BCUT2D eigenvalue weighted by atomic mass is 127. The van der Waals surface area contributed by atoms with E-state index in [1.807, 2.05) is 45.0 Å². The number of hydrogen-bond donors (Lipinski definition) is 3. The van der Waals surface area contributed by atoms with E-state index in [-0.39, 0.29) is 5.41 Å². The number of nitrogens with zero attached hydrogens (tertiary/aromatic N) is 2. The summed E-state index contributed by atoms with van der Waals surface area (Å²) in [7, 11) is 1.42. The number of hydrogen-bond acceptors (Lipinski definition) is 6. The highest BCUT2D eigenvalue weighted by molar-refractivity contribution is 14.2. The quantitative estimate of drug-likeness (QED) is 0.113. The van der Waals surface area contributed by atoms with E-state index < -0.39 is 0 Å². The zero-order chi connectivity index (χ0) is 19.7. The number of carbonyl (C=O) groups is 1. The molecule has 5 N–H and O–H groups in total. The lowest BCUT2D eigenvalue weighted by Crippen LogP contribution is -2.37. The van der Waals surface area contributed by atoms with Crippen molar-refractivity contribution in [2.24, 2.45) is 22.0 Å². The maximum absolute atomic E-state index is 10.9. The third-order valence-electron chi connectivity index (χ3n) is 3.33. The minimum atomic E-state index is -0.372. The summed E-state index contributed by atoms with van der Waals surface area (Å²) >= 11 is 2.13. The first-order chi connectivity index (χ1) is 12.2. The molecule has 0 aromatic heterocycles. The van der Waals surface area contributed by atoms with Gasteiger partial charge in [-0.25, -0.2) is 10.8 Å². The summed E-state index contributed by atoms with van der Waals surface area (Å²) < 4.78 is 0. The van der Waals surface area contributed by atoms with E-state index in [0.29, 0.717) is 30.3 Å². The number of benzene rings is 1. The fourth-order valence-corrected chi connectivity index (χ4v) is 2.55. The van der Waals surface area contributed by atoms with Crippen LogP contribution in [0.5, 0.6) is 0 Å². The highest BCUT2D eigenvalue weighted by Crippen LogP contribution is 2.19. The molecule has 0 saturated carbocycles. The van der Waals surface area contributed by atoms with Crippen LogP contribution in [-0.4, -0.2) is 17.3 Å². The molecule has 140 valence electrons. The monoisotopic (exact) mass is 485 g/mol. The zero-order valence-electron chi connectivity index (χ0n) is 15.3. The second kappa shape index (κ2) is 10.4. The molecule has 1 aromatic carbocycles. The van der Waals surface area contributed by atoms with Crippen molar-refractivity contribution in [1.82, 2.24) is 10.3 Å². The Morgan fingerprint density at radius 1 is 1.42 bits per heavy atom. The van der Waals surface area contributed by atoms with Gasteiger partial charge >= 0.3 is 0 Å². The van der Waals surface area contributed by atoms with Gasteiger partial charge in [0.25, 0.3) is 0 Å². The largest absolute Gasteiger partial charge is 0.399 e. The summed E-state index contributed by atoms with van der Waals surface area (Å²) in [6.45, 7) is 7.93. The van der Waals surface area contributed by atoms with Crippen LogP contribution in [0.15, 0.2) is 40.8 Å². The Kier molecular flexibility index (Phi) is 8.98. The van der Waals surface area contributed by atoms with Crippen molar-refractivity contribution in [1.29, 1.82) is 0 Å². The van der Waals surface area contributed by atoms with Gasteiger partial charge in [-0.2, -0.15) is 0 Å². The number of nitrogens with one attached hydrogen (secondary N) is 1. The zero-order valence-corrected chi connectivity index (χ0v) is 18.3. The number of carbonyl (C=O) groups excluding carboxylic acids is 1. The molecule has 0 aliphatic rings. The van der Waals surface area contributed by atoms with Gasteiger partial charge in [0.05, 0.1) is 6.54 Å². The molecule has 0 atom stereocenters. The summed E-state index contributed by atoms with van der Waals surface area (Å²) in [5.74, 6) is 10.2. The second-order valence-electron chi connectivity index (χ2n) is 6.57. The van der Waals surface area contributed by atoms with Crippen LogP contribution in [0.2, 0.25) is 0 Å². The third kappa shape index (κ3) is 6.90. The first kappa shape index (κ1) is 22.3. The SMILES string of the molecule is C/C(N)=C(\N=C(/NC=O)C(C)(C)C)N(N)Cc1ccccc1C#CSI. The summed E-state index contributed by atoms with van der Waals surface area (Å²) in [6.07, 6.45) is 0.598. The van der Waals surface area contributed by atoms with Crippen molar-refractivity contribution in [2.75, 3.05) is 0 Å². The van der Waals surface area contributed by atoms with Gasteiger partial charge in [-0.1, -0.05) is 44.9 Å². The first-order valence-corrected chi connectivity index (χ1v) is 11.2. The Morgan fingerprint density at radius 3 is 2.62 bits per heavy atom. The van der Waals surface area contributed by atoms with Crippen LogP contribution < -0.4 is 16.9 Å². The molecular weight excluding hydrogens is 461 g/mol. The van der Waals surface area contributed by atoms with Crippen molar-refractivity contribution in [3.05, 3.63) is 46.9 Å².